The molecule has 0 aromatic heterocycles. The second-order valence-electron chi connectivity index (χ2n) is 29.5. The van der Waals surface area contributed by atoms with Crippen molar-refractivity contribution in [3.05, 3.63) is 0 Å². The molecular weight excluding hydrogens is 1290 g/mol. The first kappa shape index (κ1) is 97.1. The van der Waals surface area contributed by atoms with Gasteiger partial charge in [0.15, 0.2) is 12.2 Å². The van der Waals surface area contributed by atoms with Gasteiger partial charge in [-0.3, -0.25) is 37.3 Å². The van der Waals surface area contributed by atoms with E-state index in [1.807, 2.05) is 0 Å². The van der Waals surface area contributed by atoms with E-state index in [1.165, 1.54) is 238 Å². The molecule has 0 saturated heterocycles. The third kappa shape index (κ3) is 72.8. The number of hydrogen-bond donors (Lipinski definition) is 3. The van der Waals surface area contributed by atoms with Crippen LogP contribution in [-0.4, -0.2) is 96.7 Å². The lowest BCUT2D eigenvalue weighted by Gasteiger charge is -2.21. The lowest BCUT2D eigenvalue weighted by atomic mass is 9.99. The van der Waals surface area contributed by atoms with E-state index in [1.54, 1.807) is 0 Å². The molecule has 0 saturated carbocycles. The van der Waals surface area contributed by atoms with Crippen LogP contribution in [0.2, 0.25) is 0 Å². The van der Waals surface area contributed by atoms with Gasteiger partial charge in [-0.2, -0.15) is 0 Å². The molecule has 0 aliphatic rings. The Balaban J connectivity index is 5.21. The molecule has 588 valence electrons. The molecule has 19 heteroatoms. The maximum absolute atomic E-state index is 13.1. The minimum atomic E-state index is -4.96. The summed E-state index contributed by atoms with van der Waals surface area (Å²) in [6, 6.07) is 0. The minimum Gasteiger partial charge on any atom is -0.462 e. The molecule has 0 heterocycles. The molecule has 0 rings (SSSR count). The summed E-state index contributed by atoms with van der Waals surface area (Å²) in [5.74, 6) is -0.512. The van der Waals surface area contributed by atoms with Crippen molar-refractivity contribution in [1.82, 2.24) is 0 Å². The van der Waals surface area contributed by atoms with Crippen LogP contribution in [0.15, 0.2) is 0 Å². The standard InChI is InChI=1S/C80H156O17P2/c1-7-10-12-14-16-18-20-22-30-34-37-44-50-56-62-77(82)90-68-75(96-80(85)65-59-53-47-39-35-31-28-26-24-23-25-27-29-32-36-43-49-55-61-73(6)9-3)70-94-98(86,87)92-66-74(81)67-93-99(88,89)95-71-76(69-91-78(83)63-57-51-45-41-40-42-48-54-60-72(4)5)97-79(84)64-58-52-46-38-33-21-19-17-15-13-11-8-2/h72-76,81H,7-71H2,1-6H3,(H,86,87)(H,88,89)/t73?,74-,75-,76-/m1/s1. The highest BCUT2D eigenvalue weighted by molar-refractivity contribution is 7.47. The molecule has 0 aromatic rings. The van der Waals surface area contributed by atoms with E-state index in [0.29, 0.717) is 25.7 Å². The summed E-state index contributed by atoms with van der Waals surface area (Å²) in [4.78, 5) is 72.9. The molecule has 0 aliphatic heterocycles. The van der Waals surface area contributed by atoms with E-state index in [4.69, 9.17) is 37.0 Å². The van der Waals surface area contributed by atoms with Gasteiger partial charge < -0.3 is 33.8 Å². The average molecular weight is 1450 g/mol. The lowest BCUT2D eigenvalue weighted by Crippen LogP contribution is -2.30. The zero-order chi connectivity index (χ0) is 72.8. The van der Waals surface area contributed by atoms with E-state index in [2.05, 4.69) is 41.5 Å². The Morgan fingerprint density at radius 3 is 0.768 bits per heavy atom. The fourth-order valence-electron chi connectivity index (χ4n) is 12.3. The van der Waals surface area contributed by atoms with Gasteiger partial charge >= 0.3 is 39.5 Å². The van der Waals surface area contributed by atoms with E-state index >= 15 is 0 Å². The smallest absolute Gasteiger partial charge is 0.462 e. The molecular formula is C80H156O17P2. The van der Waals surface area contributed by atoms with Crippen LogP contribution in [0.25, 0.3) is 0 Å². The van der Waals surface area contributed by atoms with Gasteiger partial charge in [0.25, 0.3) is 0 Å². The van der Waals surface area contributed by atoms with Crippen molar-refractivity contribution in [2.45, 2.75) is 439 Å². The molecule has 0 amide bonds. The Labute approximate surface area is 607 Å². The lowest BCUT2D eigenvalue weighted by molar-refractivity contribution is -0.161. The Hall–Kier alpha value is -1.94. The van der Waals surface area contributed by atoms with Crippen LogP contribution in [0.5, 0.6) is 0 Å². The van der Waals surface area contributed by atoms with Gasteiger partial charge in [-0.15, -0.1) is 0 Å². The number of ether oxygens (including phenoxy) is 4. The summed E-state index contributed by atoms with van der Waals surface area (Å²) in [5.41, 5.74) is 0. The Morgan fingerprint density at radius 1 is 0.293 bits per heavy atom. The first-order valence-corrected chi connectivity index (χ1v) is 44.5. The maximum atomic E-state index is 13.1. The summed E-state index contributed by atoms with van der Waals surface area (Å²) in [5, 5.41) is 10.6. The summed E-state index contributed by atoms with van der Waals surface area (Å²) in [7, 11) is -9.92. The Kier molecular flexibility index (Phi) is 70.3. The third-order valence-electron chi connectivity index (χ3n) is 19.1. The third-order valence-corrected chi connectivity index (χ3v) is 21.0. The number of phosphoric acid groups is 2. The van der Waals surface area contributed by atoms with Crippen molar-refractivity contribution in [1.29, 1.82) is 0 Å². The maximum Gasteiger partial charge on any atom is 0.472 e. The quantitative estimate of drug-likeness (QED) is 0.0222. The fraction of sp³-hybridized carbons (Fsp3) is 0.950. The zero-order valence-corrected chi connectivity index (χ0v) is 66.6. The molecule has 99 heavy (non-hydrogen) atoms. The number of rotatable bonds is 79. The largest absolute Gasteiger partial charge is 0.472 e. The van der Waals surface area contributed by atoms with Gasteiger partial charge in [0.05, 0.1) is 26.4 Å². The second kappa shape index (κ2) is 71.7. The topological polar surface area (TPSA) is 237 Å². The van der Waals surface area contributed by atoms with Crippen molar-refractivity contribution in [3.63, 3.8) is 0 Å². The minimum absolute atomic E-state index is 0.107. The molecule has 0 radical (unpaired) electrons. The Morgan fingerprint density at radius 2 is 0.515 bits per heavy atom. The monoisotopic (exact) mass is 1450 g/mol. The van der Waals surface area contributed by atoms with Crippen LogP contribution >= 0.6 is 15.6 Å². The van der Waals surface area contributed by atoms with E-state index in [0.717, 1.165) is 102 Å². The van der Waals surface area contributed by atoms with Gasteiger partial charge in [0, 0.05) is 25.7 Å². The number of aliphatic hydroxyl groups is 1. The molecule has 0 aliphatic carbocycles. The molecule has 6 atom stereocenters. The molecule has 3 unspecified atom stereocenters. The number of phosphoric ester groups is 2. The molecule has 3 N–H and O–H groups in total. The van der Waals surface area contributed by atoms with E-state index < -0.39 is 97.5 Å². The Bertz CT molecular complexity index is 1910. The molecule has 0 aromatic carbocycles. The number of unbranched alkanes of at least 4 members (excludes halogenated alkanes) is 48. The summed E-state index contributed by atoms with van der Waals surface area (Å²) >= 11 is 0. The highest BCUT2D eigenvalue weighted by atomic mass is 31.2. The molecule has 17 nitrogen and oxygen atoms in total. The van der Waals surface area contributed by atoms with Crippen LogP contribution < -0.4 is 0 Å². The average Bonchev–Trinajstić information content (AvgIpc) is 0.981. The van der Waals surface area contributed by atoms with Gasteiger partial charge in [-0.1, -0.05) is 369 Å². The predicted octanol–water partition coefficient (Wildman–Crippen LogP) is 23.9. The predicted molar refractivity (Wildman–Crippen MR) is 405 cm³/mol. The van der Waals surface area contributed by atoms with Crippen molar-refractivity contribution in [2.24, 2.45) is 11.8 Å². The van der Waals surface area contributed by atoms with Crippen LogP contribution in [0.3, 0.4) is 0 Å². The van der Waals surface area contributed by atoms with Crippen molar-refractivity contribution >= 4 is 39.5 Å². The van der Waals surface area contributed by atoms with Crippen molar-refractivity contribution < 1.29 is 80.2 Å². The zero-order valence-electron chi connectivity index (χ0n) is 64.8. The highest BCUT2D eigenvalue weighted by Crippen LogP contribution is 2.45. The number of aliphatic hydroxyl groups excluding tert-OH is 1. The van der Waals surface area contributed by atoms with Crippen LogP contribution in [-0.2, 0) is 65.4 Å². The molecule has 0 fully saturated rings. The number of esters is 4. The van der Waals surface area contributed by atoms with Crippen LogP contribution in [0.4, 0.5) is 0 Å². The molecule has 0 spiro atoms. The molecule has 0 bridgehead atoms. The van der Waals surface area contributed by atoms with Crippen LogP contribution in [0.1, 0.15) is 420 Å². The first-order valence-electron chi connectivity index (χ1n) is 41.5. The van der Waals surface area contributed by atoms with E-state index in [9.17, 15) is 43.2 Å². The van der Waals surface area contributed by atoms with E-state index in [-0.39, 0.29) is 25.7 Å². The van der Waals surface area contributed by atoms with Crippen molar-refractivity contribution in [2.75, 3.05) is 39.6 Å². The summed E-state index contributed by atoms with van der Waals surface area (Å²) in [6.07, 6.45) is 61.0. The normalized spacial score (nSPS) is 14.2. The van der Waals surface area contributed by atoms with Gasteiger partial charge in [0.1, 0.15) is 19.3 Å². The second-order valence-corrected chi connectivity index (χ2v) is 32.4. The summed E-state index contributed by atoms with van der Waals surface area (Å²) in [6.45, 7) is 9.66. The number of hydrogen-bond acceptors (Lipinski definition) is 15. The van der Waals surface area contributed by atoms with Crippen molar-refractivity contribution in [3.8, 4) is 0 Å². The van der Waals surface area contributed by atoms with Gasteiger partial charge in [-0.05, 0) is 37.5 Å². The number of carbonyl (C=O) groups is 4. The SMILES string of the molecule is CCCCCCCCCCCCCCCCC(=O)OC[C@H](COP(=O)(O)OC[C@@H](O)COP(=O)(O)OC[C@@H](COC(=O)CCCCCCCCCCC(C)C)OC(=O)CCCCCCCCCCCCCC)OC(=O)CCCCCCCCCCCCCCCCCCCCC(C)CC. The van der Waals surface area contributed by atoms with Gasteiger partial charge in [-0.25, -0.2) is 9.13 Å². The fourth-order valence-corrected chi connectivity index (χ4v) is 13.9. The highest BCUT2D eigenvalue weighted by Gasteiger charge is 2.30. The van der Waals surface area contributed by atoms with Crippen LogP contribution in [0, 0.1) is 11.8 Å². The first-order chi connectivity index (χ1) is 47.9. The summed E-state index contributed by atoms with van der Waals surface area (Å²) < 4.78 is 68.6. The number of carbonyl (C=O) groups excluding carboxylic acids is 4. The van der Waals surface area contributed by atoms with Gasteiger partial charge in [0.2, 0.25) is 0 Å².